The van der Waals surface area contributed by atoms with Crippen LogP contribution in [0.15, 0.2) is 24.5 Å². The summed E-state index contributed by atoms with van der Waals surface area (Å²) in [5.41, 5.74) is -0.850. The summed E-state index contributed by atoms with van der Waals surface area (Å²) < 4.78 is 6.01. The van der Waals surface area contributed by atoms with Crippen LogP contribution < -0.4 is 4.74 Å². The lowest BCUT2D eigenvalue weighted by Crippen LogP contribution is -2.61. The van der Waals surface area contributed by atoms with E-state index in [-0.39, 0.29) is 11.5 Å². The van der Waals surface area contributed by atoms with E-state index in [1.54, 1.807) is 12.4 Å². The number of hydrogen-bond donors (Lipinski definition) is 1. The Morgan fingerprint density at radius 2 is 1.92 bits per heavy atom. The summed E-state index contributed by atoms with van der Waals surface area (Å²) >= 11 is 0. The molecule has 1 amide bonds. The molecule has 26 heavy (non-hydrogen) atoms. The van der Waals surface area contributed by atoms with Crippen molar-refractivity contribution in [1.29, 1.82) is 0 Å². The van der Waals surface area contributed by atoms with Gasteiger partial charge in [0.2, 0.25) is 5.91 Å². The summed E-state index contributed by atoms with van der Waals surface area (Å²) in [6.07, 6.45) is 11.1. The van der Waals surface area contributed by atoms with Crippen molar-refractivity contribution in [1.82, 2.24) is 9.88 Å². The number of carbonyl (C=O) groups excluding carboxylic acids is 1. The summed E-state index contributed by atoms with van der Waals surface area (Å²) in [4.78, 5) is 19.6. The number of aliphatic hydroxyl groups is 1. The van der Waals surface area contributed by atoms with Gasteiger partial charge in [-0.1, -0.05) is 0 Å². The van der Waals surface area contributed by atoms with Gasteiger partial charge in [-0.3, -0.25) is 9.78 Å². The van der Waals surface area contributed by atoms with Gasteiger partial charge in [-0.2, -0.15) is 0 Å². The van der Waals surface area contributed by atoms with Gasteiger partial charge in [-0.25, -0.2) is 0 Å². The number of hydrogen-bond acceptors (Lipinski definition) is 4. The predicted molar refractivity (Wildman–Crippen MR) is 96.5 cm³/mol. The molecule has 4 bridgehead atoms. The van der Waals surface area contributed by atoms with Crippen molar-refractivity contribution < 1.29 is 14.6 Å². The van der Waals surface area contributed by atoms with Crippen LogP contribution in [-0.4, -0.2) is 45.7 Å². The summed E-state index contributed by atoms with van der Waals surface area (Å²) in [6.45, 7) is 1.53. The number of likely N-dealkylation sites (tertiary alicyclic amines) is 1. The first-order chi connectivity index (χ1) is 12.5. The van der Waals surface area contributed by atoms with E-state index in [2.05, 4.69) is 9.88 Å². The first-order valence-electron chi connectivity index (χ1n) is 10.1. The van der Waals surface area contributed by atoms with Crippen molar-refractivity contribution in [3.05, 3.63) is 24.5 Å². The molecule has 5 aliphatic rings. The molecule has 6 rings (SSSR count). The number of carbonyl (C=O) groups is 1. The molecule has 0 unspecified atom stereocenters. The van der Waals surface area contributed by atoms with Gasteiger partial charge < -0.3 is 14.7 Å². The van der Waals surface area contributed by atoms with Gasteiger partial charge >= 0.3 is 0 Å². The number of nitrogens with zero attached hydrogens (tertiary/aromatic N) is 2. The molecule has 1 aliphatic heterocycles. The van der Waals surface area contributed by atoms with Crippen LogP contribution in [0.1, 0.15) is 51.4 Å². The van der Waals surface area contributed by atoms with Gasteiger partial charge in [-0.15, -0.1) is 0 Å². The number of aromatic nitrogens is 1. The van der Waals surface area contributed by atoms with E-state index in [1.807, 2.05) is 12.1 Å². The van der Waals surface area contributed by atoms with E-state index in [1.165, 1.54) is 6.42 Å². The van der Waals surface area contributed by atoms with Crippen LogP contribution in [0.2, 0.25) is 0 Å². The Morgan fingerprint density at radius 1 is 1.19 bits per heavy atom. The molecule has 4 aliphatic carbocycles. The van der Waals surface area contributed by atoms with Crippen LogP contribution in [0.5, 0.6) is 5.75 Å². The fourth-order valence-corrected chi connectivity index (χ4v) is 6.59. The number of piperidine rings is 1. The van der Waals surface area contributed by atoms with E-state index in [0.717, 1.165) is 57.4 Å². The van der Waals surface area contributed by atoms with Crippen molar-refractivity contribution in [3.63, 3.8) is 0 Å². The highest BCUT2D eigenvalue weighted by molar-refractivity contribution is 5.83. The number of amides is 1. The van der Waals surface area contributed by atoms with Crippen molar-refractivity contribution in [3.8, 4) is 5.75 Å². The highest BCUT2D eigenvalue weighted by Gasteiger charge is 2.60. The van der Waals surface area contributed by atoms with Gasteiger partial charge in [0.25, 0.3) is 0 Å². The van der Waals surface area contributed by atoms with E-state index >= 15 is 0 Å². The standard InChI is InChI=1S/C21H28N2O3/c24-19(20-9-15-8-16(10-20)12-21(25,11-15)14-20)23-6-3-17(4-7-23)26-18-2-1-5-22-13-18/h1-2,5,13,15-17,25H,3-4,6-12,14H2/t15-,16-,20?,21?/m1/s1. The topological polar surface area (TPSA) is 62.7 Å². The zero-order valence-corrected chi connectivity index (χ0v) is 15.3. The molecule has 5 fully saturated rings. The Bertz CT molecular complexity index is 670. The normalized spacial score (nSPS) is 39.2. The van der Waals surface area contributed by atoms with Gasteiger partial charge in [0, 0.05) is 32.1 Å². The van der Waals surface area contributed by atoms with E-state index < -0.39 is 5.60 Å². The molecule has 1 aromatic heterocycles. The van der Waals surface area contributed by atoms with Crippen LogP contribution in [0, 0.1) is 17.3 Å². The van der Waals surface area contributed by atoms with Crippen molar-refractivity contribution in [2.24, 2.45) is 17.3 Å². The average Bonchev–Trinajstić information content (AvgIpc) is 2.60. The molecular formula is C21H28N2O3. The second-order valence-corrected chi connectivity index (χ2v) is 9.26. The number of pyridine rings is 1. The maximum Gasteiger partial charge on any atom is 0.228 e. The smallest absolute Gasteiger partial charge is 0.228 e. The van der Waals surface area contributed by atoms with Gasteiger partial charge in [0.05, 0.1) is 17.2 Å². The van der Waals surface area contributed by atoms with Crippen LogP contribution >= 0.6 is 0 Å². The molecule has 1 aromatic rings. The largest absolute Gasteiger partial charge is 0.489 e. The van der Waals surface area contributed by atoms with Crippen molar-refractivity contribution in [2.75, 3.05) is 13.1 Å². The molecule has 0 aromatic carbocycles. The molecule has 5 heteroatoms. The fraction of sp³-hybridized carbons (Fsp3) is 0.714. The Hall–Kier alpha value is -1.62. The molecule has 140 valence electrons. The number of rotatable bonds is 3. The minimum absolute atomic E-state index is 0.156. The predicted octanol–water partition coefficient (Wildman–Crippen LogP) is 2.78. The second kappa shape index (κ2) is 5.95. The van der Waals surface area contributed by atoms with E-state index in [4.69, 9.17) is 4.74 Å². The zero-order chi connectivity index (χ0) is 17.8. The van der Waals surface area contributed by atoms with Gasteiger partial charge in [0.15, 0.2) is 0 Å². The fourth-order valence-electron chi connectivity index (χ4n) is 6.59. The Balaban J connectivity index is 1.24. The third-order valence-corrected chi connectivity index (χ3v) is 7.15. The average molecular weight is 356 g/mol. The summed E-state index contributed by atoms with van der Waals surface area (Å²) in [6, 6.07) is 3.81. The van der Waals surface area contributed by atoms with Crippen molar-refractivity contribution in [2.45, 2.75) is 63.1 Å². The Morgan fingerprint density at radius 3 is 2.54 bits per heavy atom. The minimum atomic E-state index is -0.568. The first kappa shape index (κ1) is 16.5. The highest BCUT2D eigenvalue weighted by atomic mass is 16.5. The molecule has 0 spiro atoms. The van der Waals surface area contributed by atoms with Gasteiger partial charge in [-0.05, 0) is 62.5 Å². The van der Waals surface area contributed by atoms with Crippen molar-refractivity contribution >= 4 is 5.91 Å². The minimum Gasteiger partial charge on any atom is -0.489 e. The maximum atomic E-state index is 13.4. The molecule has 5 nitrogen and oxygen atoms in total. The highest BCUT2D eigenvalue weighted by Crippen LogP contribution is 2.62. The van der Waals surface area contributed by atoms with Crippen LogP contribution in [0.3, 0.4) is 0 Å². The third-order valence-electron chi connectivity index (χ3n) is 7.15. The quantitative estimate of drug-likeness (QED) is 0.905. The first-order valence-corrected chi connectivity index (χ1v) is 10.1. The third kappa shape index (κ3) is 2.81. The monoisotopic (exact) mass is 356 g/mol. The van der Waals surface area contributed by atoms with Crippen LogP contribution in [0.25, 0.3) is 0 Å². The molecule has 4 saturated carbocycles. The lowest BCUT2D eigenvalue weighted by Gasteiger charge is -2.60. The number of ether oxygens (including phenoxy) is 1. The summed E-state index contributed by atoms with van der Waals surface area (Å²) in [5.74, 6) is 2.22. The van der Waals surface area contributed by atoms with E-state index in [0.29, 0.717) is 24.2 Å². The lowest BCUT2D eigenvalue weighted by molar-refractivity contribution is -0.187. The Kier molecular flexibility index (Phi) is 3.78. The van der Waals surface area contributed by atoms with Crippen LogP contribution in [0.4, 0.5) is 0 Å². The van der Waals surface area contributed by atoms with Crippen LogP contribution in [-0.2, 0) is 4.79 Å². The maximum absolute atomic E-state index is 13.4. The molecule has 0 radical (unpaired) electrons. The second-order valence-electron chi connectivity index (χ2n) is 9.26. The lowest BCUT2D eigenvalue weighted by atomic mass is 9.47. The molecular weight excluding hydrogens is 328 g/mol. The molecule has 2 atom stereocenters. The summed E-state index contributed by atoms with van der Waals surface area (Å²) in [7, 11) is 0. The van der Waals surface area contributed by atoms with Gasteiger partial charge in [0.1, 0.15) is 11.9 Å². The zero-order valence-electron chi connectivity index (χ0n) is 15.3. The molecule has 1 saturated heterocycles. The van der Waals surface area contributed by atoms with E-state index in [9.17, 15) is 9.90 Å². The Labute approximate surface area is 154 Å². The molecule has 1 N–H and O–H groups in total. The SMILES string of the molecule is O=C(N1CCC(Oc2cccnc2)CC1)C12C[C@H]3C[C@@H](CC(O)(C3)C1)C2. The molecule has 2 heterocycles. The summed E-state index contributed by atoms with van der Waals surface area (Å²) in [5, 5.41) is 10.9.